The molecule has 17 heavy (non-hydrogen) atoms. The summed E-state index contributed by atoms with van der Waals surface area (Å²) >= 11 is 0. The van der Waals surface area contributed by atoms with Crippen molar-refractivity contribution >= 4 is 0 Å². The van der Waals surface area contributed by atoms with Crippen LogP contribution in [-0.4, -0.2) is 34.7 Å². The van der Waals surface area contributed by atoms with Gasteiger partial charge in [-0.25, -0.2) is 0 Å². The van der Waals surface area contributed by atoms with E-state index in [4.69, 9.17) is 0 Å². The minimum absolute atomic E-state index is 0.168. The summed E-state index contributed by atoms with van der Waals surface area (Å²) in [4.78, 5) is 2.67. The van der Waals surface area contributed by atoms with E-state index in [1.54, 1.807) is 0 Å². The Labute approximate surface area is 106 Å². The molecule has 0 aromatic heterocycles. The van der Waals surface area contributed by atoms with E-state index in [1.807, 2.05) is 6.92 Å². The molecule has 0 aromatic carbocycles. The van der Waals surface area contributed by atoms with Gasteiger partial charge in [0.1, 0.15) is 0 Å². The van der Waals surface area contributed by atoms with Crippen molar-refractivity contribution in [2.24, 2.45) is 0 Å². The summed E-state index contributed by atoms with van der Waals surface area (Å²) in [5.74, 6) is 0. The largest absolute Gasteiger partial charge is 0.392 e. The van der Waals surface area contributed by atoms with Crippen molar-refractivity contribution in [1.82, 2.24) is 4.90 Å². The molecule has 2 fully saturated rings. The van der Waals surface area contributed by atoms with E-state index in [-0.39, 0.29) is 6.10 Å². The Morgan fingerprint density at radius 2 is 1.29 bits per heavy atom. The topological polar surface area (TPSA) is 23.5 Å². The summed E-state index contributed by atoms with van der Waals surface area (Å²) in [5.41, 5.74) is 0. The second kappa shape index (κ2) is 6.75. The van der Waals surface area contributed by atoms with E-state index >= 15 is 0 Å². The highest BCUT2D eigenvalue weighted by Gasteiger charge is 2.29. The zero-order valence-corrected chi connectivity index (χ0v) is 11.4. The fourth-order valence-electron chi connectivity index (χ4n) is 3.73. The molecule has 0 unspecified atom stereocenters. The van der Waals surface area contributed by atoms with Crippen molar-refractivity contribution in [3.8, 4) is 0 Å². The summed E-state index contributed by atoms with van der Waals surface area (Å²) in [6, 6.07) is 1.53. The monoisotopic (exact) mass is 239 g/mol. The molecular weight excluding hydrogens is 210 g/mol. The Kier molecular flexibility index (Phi) is 5.30. The molecule has 2 heteroatoms. The zero-order valence-electron chi connectivity index (χ0n) is 11.4. The Morgan fingerprint density at radius 1 is 0.882 bits per heavy atom. The SMILES string of the molecule is C[C@H](O)CN(C1CCCCC1)C1CCCCC1. The molecule has 2 saturated carbocycles. The highest BCUT2D eigenvalue weighted by molar-refractivity contribution is 4.84. The van der Waals surface area contributed by atoms with Crippen molar-refractivity contribution in [1.29, 1.82) is 0 Å². The number of nitrogens with zero attached hydrogens (tertiary/aromatic N) is 1. The molecule has 0 spiro atoms. The summed E-state index contributed by atoms with van der Waals surface area (Å²) in [7, 11) is 0. The minimum Gasteiger partial charge on any atom is -0.392 e. The van der Waals surface area contributed by atoms with Gasteiger partial charge >= 0.3 is 0 Å². The van der Waals surface area contributed by atoms with Crippen molar-refractivity contribution in [2.45, 2.75) is 89.3 Å². The summed E-state index contributed by atoms with van der Waals surface area (Å²) in [6.45, 7) is 2.84. The summed E-state index contributed by atoms with van der Waals surface area (Å²) < 4.78 is 0. The third-order valence-electron chi connectivity index (χ3n) is 4.56. The predicted octanol–water partition coefficient (Wildman–Crippen LogP) is 3.33. The highest BCUT2D eigenvalue weighted by atomic mass is 16.3. The fourth-order valence-corrected chi connectivity index (χ4v) is 3.73. The molecule has 1 N–H and O–H groups in total. The van der Waals surface area contributed by atoms with Crippen LogP contribution < -0.4 is 0 Å². The predicted molar refractivity (Wildman–Crippen MR) is 72.1 cm³/mol. The highest BCUT2D eigenvalue weighted by Crippen LogP contribution is 2.30. The lowest BCUT2D eigenvalue weighted by Gasteiger charge is -2.42. The molecule has 0 saturated heterocycles. The number of aliphatic hydroxyl groups is 1. The standard InChI is InChI=1S/C15H29NO/c1-13(17)12-16(14-8-4-2-5-9-14)15-10-6-3-7-11-15/h13-15,17H,2-12H2,1H3/t13-/m0/s1. The zero-order chi connectivity index (χ0) is 12.1. The van der Waals surface area contributed by atoms with Crippen LogP contribution in [0.2, 0.25) is 0 Å². The van der Waals surface area contributed by atoms with Crippen LogP contribution in [-0.2, 0) is 0 Å². The van der Waals surface area contributed by atoms with Gasteiger partial charge in [0.2, 0.25) is 0 Å². The molecule has 0 amide bonds. The Hall–Kier alpha value is -0.0800. The maximum absolute atomic E-state index is 9.74. The maximum atomic E-state index is 9.74. The van der Waals surface area contributed by atoms with Crippen molar-refractivity contribution in [2.75, 3.05) is 6.54 Å². The first-order chi connectivity index (χ1) is 8.27. The van der Waals surface area contributed by atoms with E-state index in [1.165, 1.54) is 64.2 Å². The molecule has 0 aromatic rings. The van der Waals surface area contributed by atoms with E-state index in [9.17, 15) is 5.11 Å². The molecule has 0 bridgehead atoms. The second-order valence-corrected chi connectivity index (χ2v) is 6.13. The molecule has 0 aliphatic heterocycles. The van der Waals surface area contributed by atoms with E-state index in [0.717, 1.165) is 18.6 Å². The molecule has 2 aliphatic carbocycles. The molecule has 100 valence electrons. The summed E-state index contributed by atoms with van der Waals surface area (Å²) in [6.07, 6.45) is 13.7. The normalized spacial score (nSPS) is 26.3. The molecule has 1 atom stereocenters. The van der Waals surface area contributed by atoms with Gasteiger partial charge in [-0.15, -0.1) is 0 Å². The number of hydrogen-bond donors (Lipinski definition) is 1. The van der Waals surface area contributed by atoms with Crippen molar-refractivity contribution in [3.63, 3.8) is 0 Å². The van der Waals surface area contributed by atoms with Gasteiger partial charge in [-0.1, -0.05) is 38.5 Å². The van der Waals surface area contributed by atoms with Crippen molar-refractivity contribution in [3.05, 3.63) is 0 Å². The summed E-state index contributed by atoms with van der Waals surface area (Å²) in [5, 5.41) is 9.74. The number of hydrogen-bond acceptors (Lipinski definition) is 2. The van der Waals surface area contributed by atoms with E-state index in [2.05, 4.69) is 4.90 Å². The first-order valence-electron chi connectivity index (χ1n) is 7.71. The van der Waals surface area contributed by atoms with Crippen LogP contribution in [0.25, 0.3) is 0 Å². The third-order valence-corrected chi connectivity index (χ3v) is 4.56. The lowest BCUT2D eigenvalue weighted by Crippen LogP contribution is -2.48. The van der Waals surface area contributed by atoms with E-state index < -0.39 is 0 Å². The van der Waals surface area contributed by atoms with Crippen LogP contribution >= 0.6 is 0 Å². The van der Waals surface area contributed by atoms with Crippen LogP contribution in [0.5, 0.6) is 0 Å². The Bertz CT molecular complexity index is 187. The van der Waals surface area contributed by atoms with Crippen LogP contribution in [0.15, 0.2) is 0 Å². The van der Waals surface area contributed by atoms with Crippen molar-refractivity contribution < 1.29 is 5.11 Å². The second-order valence-electron chi connectivity index (χ2n) is 6.13. The van der Waals surface area contributed by atoms with Crippen LogP contribution in [0.1, 0.15) is 71.1 Å². The van der Waals surface area contributed by atoms with Gasteiger partial charge in [-0.3, -0.25) is 4.90 Å². The van der Waals surface area contributed by atoms with Gasteiger partial charge in [0.05, 0.1) is 6.10 Å². The molecule has 0 radical (unpaired) electrons. The third kappa shape index (κ3) is 3.96. The van der Waals surface area contributed by atoms with Crippen LogP contribution in [0.3, 0.4) is 0 Å². The number of rotatable bonds is 4. The fraction of sp³-hybridized carbons (Fsp3) is 1.00. The lowest BCUT2D eigenvalue weighted by molar-refractivity contribution is 0.0355. The first-order valence-corrected chi connectivity index (χ1v) is 7.71. The number of aliphatic hydroxyl groups excluding tert-OH is 1. The lowest BCUT2D eigenvalue weighted by atomic mass is 9.88. The van der Waals surface area contributed by atoms with Gasteiger partial charge in [-0.2, -0.15) is 0 Å². The Balaban J connectivity index is 1.95. The molecular formula is C15H29NO. The average molecular weight is 239 g/mol. The quantitative estimate of drug-likeness (QED) is 0.813. The molecule has 0 heterocycles. The van der Waals surface area contributed by atoms with Gasteiger partial charge < -0.3 is 5.11 Å². The molecule has 2 aliphatic rings. The average Bonchev–Trinajstić information content (AvgIpc) is 2.38. The van der Waals surface area contributed by atoms with Crippen LogP contribution in [0, 0.1) is 0 Å². The molecule has 2 nitrogen and oxygen atoms in total. The van der Waals surface area contributed by atoms with Gasteiger partial charge in [0.15, 0.2) is 0 Å². The van der Waals surface area contributed by atoms with Gasteiger partial charge in [0, 0.05) is 18.6 Å². The van der Waals surface area contributed by atoms with Gasteiger partial charge in [0.25, 0.3) is 0 Å². The maximum Gasteiger partial charge on any atom is 0.0639 e. The molecule has 2 rings (SSSR count). The minimum atomic E-state index is -0.168. The van der Waals surface area contributed by atoms with E-state index in [0.29, 0.717) is 0 Å². The Morgan fingerprint density at radius 3 is 1.65 bits per heavy atom. The van der Waals surface area contributed by atoms with Gasteiger partial charge in [-0.05, 0) is 32.6 Å². The first kappa shape index (κ1) is 13.4. The smallest absolute Gasteiger partial charge is 0.0639 e. The van der Waals surface area contributed by atoms with Crippen LogP contribution in [0.4, 0.5) is 0 Å².